The molecule has 1 amide bonds. The molecular weight excluding hydrogens is 469 g/mol. The molecule has 36 heavy (non-hydrogen) atoms. The van der Waals surface area contributed by atoms with Crippen LogP contribution in [-0.4, -0.2) is 57.4 Å². The number of para-hydroxylation sites is 2. The maximum Gasteiger partial charge on any atom is 0.330 e. The van der Waals surface area contributed by atoms with Crippen molar-refractivity contribution in [1.29, 1.82) is 0 Å². The molecule has 10 heteroatoms. The van der Waals surface area contributed by atoms with Crippen LogP contribution in [0, 0.1) is 0 Å². The molecule has 5 rings (SSSR count). The summed E-state index contributed by atoms with van der Waals surface area (Å²) in [5, 5.41) is 10.6. The van der Waals surface area contributed by atoms with Crippen molar-refractivity contribution in [2.24, 2.45) is 0 Å². The largest absolute Gasteiger partial charge is 0.457 e. The molecule has 188 valence electrons. The molecule has 1 saturated heterocycles. The van der Waals surface area contributed by atoms with Gasteiger partial charge in [-0.15, -0.1) is 0 Å². The van der Waals surface area contributed by atoms with Crippen LogP contribution in [0.3, 0.4) is 0 Å². The van der Waals surface area contributed by atoms with E-state index >= 15 is 4.39 Å². The molecule has 2 aliphatic rings. The first-order valence-electron chi connectivity index (χ1n) is 11.7. The van der Waals surface area contributed by atoms with Crippen molar-refractivity contribution < 1.29 is 23.8 Å². The van der Waals surface area contributed by atoms with Gasteiger partial charge in [0.2, 0.25) is 5.91 Å². The quantitative estimate of drug-likeness (QED) is 0.561. The average Bonchev–Trinajstić information content (AvgIpc) is 3.15. The van der Waals surface area contributed by atoms with Crippen molar-refractivity contribution in [3.05, 3.63) is 92.3 Å². The number of fused-ring (bicyclic) bond motifs is 2. The Morgan fingerprint density at radius 1 is 1.11 bits per heavy atom. The van der Waals surface area contributed by atoms with E-state index in [1.54, 1.807) is 26.1 Å². The minimum absolute atomic E-state index is 0.114. The standard InChI is InChI=1S/C26H26FN3O6/c1-3-14-12-30(26(34)28-23(14)32)25-21(27)22(31)19(36-25)13-29(2)24(33)20-15-8-4-6-10-17(15)35-18-11-7-5-9-16(18)20/h4-12,19-22,25,31H,3,13H2,1-2H3,(H,28,32,34)/t19-,21-,22-,25-/m1/s1. The molecule has 3 heterocycles. The monoisotopic (exact) mass is 495 g/mol. The maximum atomic E-state index is 15.1. The number of aryl methyl sites for hydroxylation is 1. The van der Waals surface area contributed by atoms with Crippen LogP contribution in [0.4, 0.5) is 4.39 Å². The van der Waals surface area contributed by atoms with Gasteiger partial charge in [-0.3, -0.25) is 19.1 Å². The summed E-state index contributed by atoms with van der Waals surface area (Å²) in [6.45, 7) is 1.62. The SMILES string of the molecule is CCc1cn([C@@H]2O[C@H](CN(C)C(=O)C3c4ccccc4Oc4ccccc43)[C@@H](O)[C@H]2F)c(=O)[nH]c1=O. The van der Waals surface area contributed by atoms with Gasteiger partial charge in [0.25, 0.3) is 5.56 Å². The van der Waals surface area contributed by atoms with Gasteiger partial charge >= 0.3 is 5.69 Å². The van der Waals surface area contributed by atoms with Crippen molar-refractivity contribution in [2.45, 2.75) is 43.9 Å². The molecule has 9 nitrogen and oxygen atoms in total. The van der Waals surface area contributed by atoms with E-state index in [9.17, 15) is 19.5 Å². The molecule has 3 aromatic rings. The Labute approximate surface area is 205 Å². The lowest BCUT2D eigenvalue weighted by Gasteiger charge is -2.31. The number of benzene rings is 2. The molecular formula is C26H26FN3O6. The molecule has 2 aliphatic heterocycles. The Morgan fingerprint density at radius 2 is 1.72 bits per heavy atom. The van der Waals surface area contributed by atoms with E-state index < -0.39 is 41.8 Å². The van der Waals surface area contributed by atoms with Crippen LogP contribution < -0.4 is 16.0 Å². The Bertz CT molecular complexity index is 1370. The average molecular weight is 496 g/mol. The second-order valence-corrected chi connectivity index (χ2v) is 9.00. The maximum absolute atomic E-state index is 15.1. The number of amides is 1. The van der Waals surface area contributed by atoms with Crippen LogP contribution in [0.1, 0.15) is 35.8 Å². The molecule has 0 radical (unpaired) electrons. The van der Waals surface area contributed by atoms with Crippen molar-refractivity contribution in [1.82, 2.24) is 14.5 Å². The number of hydrogen-bond donors (Lipinski definition) is 2. The zero-order chi connectivity index (χ0) is 25.6. The number of likely N-dealkylation sites (N-methyl/N-ethyl adjacent to an activating group) is 1. The lowest BCUT2D eigenvalue weighted by atomic mass is 9.87. The molecule has 0 bridgehead atoms. The Kier molecular flexibility index (Phi) is 6.23. The number of nitrogens with one attached hydrogen (secondary N) is 1. The van der Waals surface area contributed by atoms with Gasteiger partial charge in [0.15, 0.2) is 12.4 Å². The number of halogens is 1. The molecule has 0 unspecified atom stereocenters. The summed E-state index contributed by atoms with van der Waals surface area (Å²) in [6.07, 6.45) is -4.46. The minimum Gasteiger partial charge on any atom is -0.457 e. The van der Waals surface area contributed by atoms with E-state index in [4.69, 9.17) is 9.47 Å². The second kappa shape index (κ2) is 9.36. The minimum atomic E-state index is -1.93. The summed E-state index contributed by atoms with van der Waals surface area (Å²) >= 11 is 0. The number of aromatic amines is 1. The van der Waals surface area contributed by atoms with Crippen LogP contribution in [0.5, 0.6) is 11.5 Å². The zero-order valence-corrected chi connectivity index (χ0v) is 19.8. The zero-order valence-electron chi connectivity index (χ0n) is 19.8. The smallest absolute Gasteiger partial charge is 0.330 e. The number of aliphatic hydroxyl groups excluding tert-OH is 1. The molecule has 4 atom stereocenters. The van der Waals surface area contributed by atoms with Crippen molar-refractivity contribution >= 4 is 5.91 Å². The highest BCUT2D eigenvalue weighted by Gasteiger charge is 2.47. The number of ether oxygens (including phenoxy) is 2. The van der Waals surface area contributed by atoms with Gasteiger partial charge in [-0.25, -0.2) is 9.18 Å². The third kappa shape index (κ3) is 4.02. The van der Waals surface area contributed by atoms with Crippen LogP contribution in [0.15, 0.2) is 64.3 Å². The predicted octanol–water partition coefficient (Wildman–Crippen LogP) is 2.09. The van der Waals surface area contributed by atoms with E-state index in [1.165, 1.54) is 11.1 Å². The number of rotatable bonds is 5. The fraction of sp³-hybridized carbons (Fsp3) is 0.346. The number of aliphatic hydroxyl groups is 1. The van der Waals surface area contributed by atoms with Crippen molar-refractivity contribution in [2.75, 3.05) is 13.6 Å². The van der Waals surface area contributed by atoms with E-state index in [1.807, 2.05) is 36.4 Å². The number of H-pyrrole nitrogens is 1. The summed E-state index contributed by atoms with van der Waals surface area (Å²) in [6, 6.07) is 14.5. The Hall–Kier alpha value is -3.76. The first-order valence-corrected chi connectivity index (χ1v) is 11.7. The van der Waals surface area contributed by atoms with Gasteiger partial charge < -0.3 is 19.5 Å². The van der Waals surface area contributed by atoms with Gasteiger partial charge in [0.1, 0.15) is 23.7 Å². The highest BCUT2D eigenvalue weighted by atomic mass is 19.1. The topological polar surface area (TPSA) is 114 Å². The Morgan fingerprint density at radius 3 is 2.33 bits per heavy atom. The van der Waals surface area contributed by atoms with Crippen LogP contribution >= 0.6 is 0 Å². The highest BCUT2D eigenvalue weighted by Crippen LogP contribution is 2.44. The van der Waals surface area contributed by atoms with Crippen LogP contribution in [-0.2, 0) is 16.0 Å². The number of carbonyl (C=O) groups is 1. The number of hydrogen-bond acceptors (Lipinski definition) is 6. The summed E-state index contributed by atoms with van der Waals surface area (Å²) in [4.78, 5) is 41.4. The number of nitrogens with zero attached hydrogens (tertiary/aromatic N) is 2. The summed E-state index contributed by atoms with van der Waals surface area (Å²) < 4.78 is 27.7. The molecule has 1 aromatic heterocycles. The third-order valence-electron chi connectivity index (χ3n) is 6.75. The highest BCUT2D eigenvalue weighted by molar-refractivity contribution is 5.89. The fourth-order valence-corrected chi connectivity index (χ4v) is 4.80. The first kappa shape index (κ1) is 24.0. The Balaban J connectivity index is 1.39. The molecule has 0 saturated carbocycles. The normalized spacial score (nSPS) is 23.0. The van der Waals surface area contributed by atoms with E-state index in [0.717, 1.165) is 4.57 Å². The number of carbonyl (C=O) groups excluding carboxylic acids is 1. The van der Waals surface area contributed by atoms with E-state index in [0.29, 0.717) is 29.0 Å². The van der Waals surface area contributed by atoms with Gasteiger partial charge in [-0.2, -0.15) is 0 Å². The first-order chi connectivity index (χ1) is 17.3. The fourth-order valence-electron chi connectivity index (χ4n) is 4.80. The van der Waals surface area contributed by atoms with Crippen LogP contribution in [0.25, 0.3) is 0 Å². The molecule has 2 aromatic carbocycles. The van der Waals surface area contributed by atoms with Gasteiger partial charge in [-0.05, 0) is 18.6 Å². The van der Waals surface area contributed by atoms with Gasteiger partial charge in [0.05, 0.1) is 5.92 Å². The molecule has 0 spiro atoms. The predicted molar refractivity (Wildman–Crippen MR) is 128 cm³/mol. The summed E-state index contributed by atoms with van der Waals surface area (Å²) in [7, 11) is 1.56. The lowest BCUT2D eigenvalue weighted by Crippen LogP contribution is -2.42. The summed E-state index contributed by atoms with van der Waals surface area (Å²) in [5.41, 5.74) is 0.305. The number of alkyl halides is 1. The molecule has 2 N–H and O–H groups in total. The van der Waals surface area contributed by atoms with Gasteiger partial charge in [-0.1, -0.05) is 43.3 Å². The number of aromatic nitrogens is 2. The van der Waals surface area contributed by atoms with E-state index in [2.05, 4.69) is 4.98 Å². The molecule has 0 aliphatic carbocycles. The third-order valence-corrected chi connectivity index (χ3v) is 6.75. The van der Waals surface area contributed by atoms with Gasteiger partial charge in [0, 0.05) is 36.5 Å². The molecule has 1 fully saturated rings. The van der Waals surface area contributed by atoms with E-state index in [-0.39, 0.29) is 18.0 Å². The van der Waals surface area contributed by atoms with Crippen molar-refractivity contribution in [3.8, 4) is 11.5 Å². The van der Waals surface area contributed by atoms with Crippen molar-refractivity contribution in [3.63, 3.8) is 0 Å². The van der Waals surface area contributed by atoms with Crippen LogP contribution in [0.2, 0.25) is 0 Å². The lowest BCUT2D eigenvalue weighted by molar-refractivity contribution is -0.133. The summed E-state index contributed by atoms with van der Waals surface area (Å²) in [5.74, 6) is 0.226. The second-order valence-electron chi connectivity index (χ2n) is 9.00.